The largest absolute Gasteiger partial charge is 0.369 e. The molecule has 0 saturated heterocycles. The number of halogens is 1. The molecule has 1 aromatic heterocycles. The number of nitrogens with zero attached hydrogens (tertiary/aromatic N) is 4. The van der Waals surface area contributed by atoms with E-state index in [1.807, 2.05) is 44.3 Å². The Morgan fingerprint density at radius 3 is 2.41 bits per heavy atom. The lowest BCUT2D eigenvalue weighted by Crippen LogP contribution is -2.42. The van der Waals surface area contributed by atoms with Crippen LogP contribution < -0.4 is 10.2 Å². The van der Waals surface area contributed by atoms with E-state index in [4.69, 9.17) is 11.6 Å². The zero-order valence-corrected chi connectivity index (χ0v) is 23.6. The van der Waals surface area contributed by atoms with Crippen LogP contribution in [-0.4, -0.2) is 53.1 Å². The van der Waals surface area contributed by atoms with Gasteiger partial charge in [-0.3, -0.25) is 4.79 Å². The first kappa shape index (κ1) is 27.2. The molecule has 0 radical (unpaired) electrons. The number of nitrogens with one attached hydrogen (secondary N) is 1. The fraction of sp³-hybridized carbons (Fsp3) is 0.467. The fourth-order valence-electron chi connectivity index (χ4n) is 5.62. The normalized spacial score (nSPS) is 17.7. The van der Waals surface area contributed by atoms with Gasteiger partial charge in [-0.15, -0.1) is 0 Å². The summed E-state index contributed by atoms with van der Waals surface area (Å²) >= 11 is 6.58. The van der Waals surface area contributed by atoms with Gasteiger partial charge in [0.05, 0.1) is 12.2 Å². The number of benzene rings is 2. The van der Waals surface area contributed by atoms with Gasteiger partial charge >= 0.3 is 0 Å². The number of aryl methyl sites for hydroxylation is 1. The number of carbonyl (C=O) groups excluding carboxylic acids is 1. The van der Waals surface area contributed by atoms with E-state index in [1.165, 1.54) is 18.4 Å². The first-order valence-corrected chi connectivity index (χ1v) is 13.7. The van der Waals surface area contributed by atoms with Crippen LogP contribution in [0.1, 0.15) is 65.6 Å². The topological polar surface area (TPSA) is 53.4 Å². The smallest absolute Gasteiger partial charge is 0.252 e. The maximum Gasteiger partial charge on any atom is 0.252 e. The Bertz CT molecular complexity index is 1200. The van der Waals surface area contributed by atoms with Crippen LogP contribution in [0.5, 0.6) is 0 Å². The molecule has 0 aliphatic heterocycles. The minimum Gasteiger partial charge on any atom is -0.369 e. The number of carbonyl (C=O) groups is 1. The molecule has 0 unspecified atom stereocenters. The number of aromatic nitrogens is 2. The predicted octanol–water partition coefficient (Wildman–Crippen LogP) is 5.83. The second-order valence-corrected chi connectivity index (χ2v) is 10.8. The van der Waals surface area contributed by atoms with Crippen molar-refractivity contribution in [2.45, 2.75) is 71.6 Å². The second-order valence-electron chi connectivity index (χ2n) is 10.4. The molecule has 7 heteroatoms. The first-order valence-electron chi connectivity index (χ1n) is 13.3. The van der Waals surface area contributed by atoms with Gasteiger partial charge in [0, 0.05) is 47.6 Å². The molecule has 1 fully saturated rings. The molecule has 2 aromatic carbocycles. The van der Waals surface area contributed by atoms with Crippen LogP contribution in [0.4, 0.5) is 5.69 Å². The third-order valence-electron chi connectivity index (χ3n) is 7.66. The van der Waals surface area contributed by atoms with Crippen molar-refractivity contribution in [1.82, 2.24) is 19.8 Å². The van der Waals surface area contributed by atoms with Crippen LogP contribution in [-0.2, 0) is 13.1 Å². The highest BCUT2D eigenvalue weighted by molar-refractivity contribution is 6.31. The van der Waals surface area contributed by atoms with Crippen LogP contribution in [0.2, 0.25) is 5.02 Å². The van der Waals surface area contributed by atoms with Gasteiger partial charge < -0.3 is 19.7 Å². The molecule has 198 valence electrons. The van der Waals surface area contributed by atoms with E-state index in [0.717, 1.165) is 48.7 Å². The minimum atomic E-state index is -0.125. The Labute approximate surface area is 226 Å². The summed E-state index contributed by atoms with van der Waals surface area (Å²) in [4.78, 5) is 22.8. The molecule has 1 saturated carbocycles. The third kappa shape index (κ3) is 6.55. The van der Waals surface area contributed by atoms with Gasteiger partial charge in [-0.25, -0.2) is 4.98 Å². The van der Waals surface area contributed by atoms with Crippen LogP contribution >= 0.6 is 11.6 Å². The highest BCUT2D eigenvalue weighted by Crippen LogP contribution is 2.34. The molecular weight excluding hydrogens is 482 g/mol. The highest BCUT2D eigenvalue weighted by atomic mass is 35.5. The Balaban J connectivity index is 1.49. The molecule has 6 nitrogen and oxygen atoms in total. The summed E-state index contributed by atoms with van der Waals surface area (Å²) in [5, 5.41) is 3.69. The van der Waals surface area contributed by atoms with E-state index < -0.39 is 0 Å². The summed E-state index contributed by atoms with van der Waals surface area (Å²) < 4.78 is 2.10. The van der Waals surface area contributed by atoms with Gasteiger partial charge in [0.1, 0.15) is 5.82 Å². The van der Waals surface area contributed by atoms with Gasteiger partial charge in [0.2, 0.25) is 0 Å². The standard InChI is InChI=1S/C30H40ClN5O/c1-6-36(26-14-12-25(13-15-26)34(4)5)28-17-24(31)16-27(22(28)3)30(37)32-18-29-33-21(2)19-35(29)20-23-10-8-7-9-11-23/h7-11,16-17,19,25-26H,6,12-15,18,20H2,1-5H3,(H,32,37). The van der Waals surface area contributed by atoms with E-state index in [-0.39, 0.29) is 5.91 Å². The van der Waals surface area contributed by atoms with Crippen molar-refractivity contribution >= 4 is 23.2 Å². The molecule has 1 N–H and O–H groups in total. The molecular formula is C30H40ClN5O. The maximum absolute atomic E-state index is 13.4. The summed E-state index contributed by atoms with van der Waals surface area (Å²) in [6, 6.07) is 15.2. The van der Waals surface area contributed by atoms with Crippen LogP contribution in [0.3, 0.4) is 0 Å². The summed E-state index contributed by atoms with van der Waals surface area (Å²) in [5.74, 6) is 0.711. The lowest BCUT2D eigenvalue weighted by Gasteiger charge is -2.40. The number of hydrogen-bond donors (Lipinski definition) is 1. The van der Waals surface area contributed by atoms with E-state index in [1.54, 1.807) is 6.07 Å². The van der Waals surface area contributed by atoms with Crippen molar-refractivity contribution in [3.63, 3.8) is 0 Å². The number of hydrogen-bond acceptors (Lipinski definition) is 4. The summed E-state index contributed by atoms with van der Waals surface area (Å²) in [6.07, 6.45) is 6.70. The molecule has 0 spiro atoms. The quantitative estimate of drug-likeness (QED) is 0.385. The van der Waals surface area contributed by atoms with E-state index in [9.17, 15) is 4.79 Å². The maximum atomic E-state index is 13.4. The van der Waals surface area contributed by atoms with Crippen molar-refractivity contribution in [3.8, 4) is 0 Å². The van der Waals surface area contributed by atoms with Gasteiger partial charge in [0.15, 0.2) is 0 Å². The van der Waals surface area contributed by atoms with E-state index in [2.05, 4.69) is 57.8 Å². The number of rotatable bonds is 9. The molecule has 0 atom stereocenters. The first-order chi connectivity index (χ1) is 17.8. The van der Waals surface area contributed by atoms with Crippen LogP contribution in [0.25, 0.3) is 0 Å². The third-order valence-corrected chi connectivity index (χ3v) is 7.88. The predicted molar refractivity (Wildman–Crippen MR) is 153 cm³/mol. The van der Waals surface area contributed by atoms with Crippen LogP contribution in [0, 0.1) is 13.8 Å². The number of amides is 1. The molecule has 3 aromatic rings. The monoisotopic (exact) mass is 521 g/mol. The highest BCUT2D eigenvalue weighted by Gasteiger charge is 2.28. The van der Waals surface area contributed by atoms with Crippen molar-refractivity contribution in [1.29, 1.82) is 0 Å². The lowest BCUT2D eigenvalue weighted by molar-refractivity contribution is 0.0949. The minimum absolute atomic E-state index is 0.125. The van der Waals surface area contributed by atoms with Crippen molar-refractivity contribution < 1.29 is 4.79 Å². The average Bonchev–Trinajstić information content (AvgIpc) is 3.24. The Kier molecular flexibility index (Phi) is 8.93. The van der Waals surface area contributed by atoms with Gasteiger partial charge in [0.25, 0.3) is 5.91 Å². The second kappa shape index (κ2) is 12.1. The van der Waals surface area contributed by atoms with Gasteiger partial charge in [-0.1, -0.05) is 41.9 Å². The van der Waals surface area contributed by atoms with Gasteiger partial charge in [-0.2, -0.15) is 0 Å². The molecule has 1 aliphatic rings. The lowest BCUT2D eigenvalue weighted by atomic mass is 9.89. The average molecular weight is 522 g/mol. The molecule has 37 heavy (non-hydrogen) atoms. The van der Waals surface area contributed by atoms with Gasteiger partial charge in [-0.05, 0) is 83.8 Å². The molecule has 1 heterocycles. The summed E-state index contributed by atoms with van der Waals surface area (Å²) in [5.41, 5.74) is 4.80. The summed E-state index contributed by atoms with van der Waals surface area (Å²) in [6.45, 7) is 8.16. The van der Waals surface area contributed by atoms with Crippen LogP contribution in [0.15, 0.2) is 48.7 Å². The van der Waals surface area contributed by atoms with Crippen molar-refractivity contribution in [2.24, 2.45) is 0 Å². The Hall–Kier alpha value is -2.83. The van der Waals surface area contributed by atoms with E-state index in [0.29, 0.717) is 29.2 Å². The SMILES string of the molecule is CCN(c1cc(Cl)cc(C(=O)NCc2nc(C)cn2Cc2ccccc2)c1C)C1CCC(N(C)C)CC1. The van der Waals surface area contributed by atoms with Crippen molar-refractivity contribution in [3.05, 3.63) is 81.9 Å². The number of anilines is 1. The molecule has 1 aliphatic carbocycles. The van der Waals surface area contributed by atoms with Crippen molar-refractivity contribution in [2.75, 3.05) is 25.5 Å². The molecule has 0 bridgehead atoms. The molecule has 1 amide bonds. The Morgan fingerprint density at radius 2 is 1.76 bits per heavy atom. The fourth-order valence-corrected chi connectivity index (χ4v) is 5.83. The zero-order valence-electron chi connectivity index (χ0n) is 22.8. The zero-order chi connectivity index (χ0) is 26.5. The summed E-state index contributed by atoms with van der Waals surface area (Å²) in [7, 11) is 4.34. The van der Waals surface area contributed by atoms with E-state index >= 15 is 0 Å². The molecule has 4 rings (SSSR count). The Morgan fingerprint density at radius 1 is 1.08 bits per heavy atom. The number of imidazole rings is 1.